The molecule has 0 aliphatic carbocycles. The maximum Gasteiger partial charge on any atom is 0.158 e. The Morgan fingerprint density at radius 1 is 1.28 bits per heavy atom. The zero-order valence-electron chi connectivity index (χ0n) is 10.6. The molecule has 1 aromatic carbocycles. The standard InChI is InChI=1S/C13H16FNO2S/c1-9(2)18(16,17)8-12-6-10-4-5-11(14)7-13(10)15(12)3/h4-7,9H,8H2,1-3H3. The van der Waals surface area contributed by atoms with Crippen LogP contribution in [-0.2, 0) is 22.6 Å². The predicted octanol–water partition coefficient (Wildman–Crippen LogP) is 2.64. The highest BCUT2D eigenvalue weighted by molar-refractivity contribution is 7.91. The molecule has 1 heterocycles. The van der Waals surface area contributed by atoms with Crippen molar-refractivity contribution >= 4 is 20.7 Å². The molecule has 3 nitrogen and oxygen atoms in total. The molecule has 0 unspecified atom stereocenters. The molecule has 0 saturated heterocycles. The van der Waals surface area contributed by atoms with E-state index in [9.17, 15) is 12.8 Å². The van der Waals surface area contributed by atoms with Gasteiger partial charge >= 0.3 is 0 Å². The van der Waals surface area contributed by atoms with Crippen molar-refractivity contribution in [2.24, 2.45) is 7.05 Å². The number of aromatic nitrogens is 1. The van der Waals surface area contributed by atoms with Gasteiger partial charge in [0.1, 0.15) is 5.82 Å². The van der Waals surface area contributed by atoms with Crippen LogP contribution in [0.1, 0.15) is 19.5 Å². The smallest absolute Gasteiger partial charge is 0.158 e. The third-order valence-corrected chi connectivity index (χ3v) is 5.31. The highest BCUT2D eigenvalue weighted by atomic mass is 32.2. The van der Waals surface area contributed by atoms with Gasteiger partial charge < -0.3 is 4.57 Å². The van der Waals surface area contributed by atoms with Crippen LogP contribution < -0.4 is 0 Å². The fraction of sp³-hybridized carbons (Fsp3) is 0.385. The predicted molar refractivity (Wildman–Crippen MR) is 70.6 cm³/mol. The number of hydrogen-bond acceptors (Lipinski definition) is 2. The number of nitrogens with zero attached hydrogens (tertiary/aromatic N) is 1. The zero-order chi connectivity index (χ0) is 13.5. The van der Waals surface area contributed by atoms with Crippen LogP contribution in [0.5, 0.6) is 0 Å². The fourth-order valence-corrected chi connectivity index (χ4v) is 2.89. The molecule has 0 N–H and O–H groups in total. The van der Waals surface area contributed by atoms with Gasteiger partial charge in [0.2, 0.25) is 0 Å². The average Bonchev–Trinajstić information content (AvgIpc) is 2.56. The van der Waals surface area contributed by atoms with Gasteiger partial charge in [-0.05, 0) is 38.1 Å². The van der Waals surface area contributed by atoms with Crippen molar-refractivity contribution in [2.75, 3.05) is 0 Å². The lowest BCUT2D eigenvalue weighted by Crippen LogP contribution is -2.17. The van der Waals surface area contributed by atoms with Gasteiger partial charge in [-0.15, -0.1) is 0 Å². The zero-order valence-corrected chi connectivity index (χ0v) is 11.5. The fourth-order valence-electron chi connectivity index (χ4n) is 1.87. The van der Waals surface area contributed by atoms with Crippen molar-refractivity contribution in [3.63, 3.8) is 0 Å². The van der Waals surface area contributed by atoms with E-state index >= 15 is 0 Å². The van der Waals surface area contributed by atoms with Gasteiger partial charge in [-0.3, -0.25) is 0 Å². The van der Waals surface area contributed by atoms with E-state index in [1.807, 2.05) is 0 Å². The van der Waals surface area contributed by atoms with Crippen molar-refractivity contribution < 1.29 is 12.8 Å². The summed E-state index contributed by atoms with van der Waals surface area (Å²) in [6.07, 6.45) is 0. The molecule has 0 bridgehead atoms. The minimum atomic E-state index is -3.15. The summed E-state index contributed by atoms with van der Waals surface area (Å²) in [6, 6.07) is 6.26. The van der Waals surface area contributed by atoms with Crippen LogP contribution in [0, 0.1) is 5.82 Å². The van der Waals surface area contributed by atoms with Gasteiger partial charge in [0.25, 0.3) is 0 Å². The average molecular weight is 269 g/mol. The van der Waals surface area contributed by atoms with E-state index in [0.29, 0.717) is 11.2 Å². The van der Waals surface area contributed by atoms with E-state index in [-0.39, 0.29) is 11.6 Å². The van der Waals surface area contributed by atoms with Gasteiger partial charge in [-0.25, -0.2) is 12.8 Å². The number of sulfone groups is 1. The molecule has 0 saturated carbocycles. The van der Waals surface area contributed by atoms with Crippen molar-refractivity contribution in [3.05, 3.63) is 35.8 Å². The van der Waals surface area contributed by atoms with Crippen LogP contribution in [0.2, 0.25) is 0 Å². The van der Waals surface area contributed by atoms with Gasteiger partial charge in [0.05, 0.1) is 16.5 Å². The summed E-state index contributed by atoms with van der Waals surface area (Å²) >= 11 is 0. The van der Waals surface area contributed by atoms with E-state index in [2.05, 4.69) is 0 Å². The monoisotopic (exact) mass is 269 g/mol. The molecule has 0 fully saturated rings. The number of halogens is 1. The van der Waals surface area contributed by atoms with Gasteiger partial charge in [-0.2, -0.15) is 0 Å². The van der Waals surface area contributed by atoms with E-state index in [1.54, 1.807) is 37.6 Å². The number of hydrogen-bond donors (Lipinski definition) is 0. The summed E-state index contributed by atoms with van der Waals surface area (Å²) in [4.78, 5) is 0. The second-order valence-corrected chi connectivity index (χ2v) is 7.31. The molecule has 5 heteroatoms. The van der Waals surface area contributed by atoms with Crippen LogP contribution in [0.4, 0.5) is 4.39 Å². The molecule has 98 valence electrons. The minimum absolute atomic E-state index is 0.0164. The Bertz CT molecular complexity index is 686. The van der Waals surface area contributed by atoms with E-state index in [0.717, 1.165) is 5.39 Å². The molecular formula is C13H16FNO2S. The minimum Gasteiger partial charge on any atom is -0.347 e. The van der Waals surface area contributed by atoms with E-state index < -0.39 is 15.1 Å². The SMILES string of the molecule is CC(C)S(=O)(=O)Cc1cc2ccc(F)cc2n1C. The lowest BCUT2D eigenvalue weighted by Gasteiger charge is -2.08. The molecule has 18 heavy (non-hydrogen) atoms. The molecule has 0 aliphatic heterocycles. The lowest BCUT2D eigenvalue weighted by molar-refractivity contribution is 0.585. The highest BCUT2D eigenvalue weighted by Gasteiger charge is 2.19. The molecule has 2 rings (SSSR count). The highest BCUT2D eigenvalue weighted by Crippen LogP contribution is 2.22. The number of aryl methyl sites for hydroxylation is 1. The largest absolute Gasteiger partial charge is 0.347 e. The molecule has 0 aliphatic rings. The van der Waals surface area contributed by atoms with Gasteiger partial charge in [0, 0.05) is 18.1 Å². The summed E-state index contributed by atoms with van der Waals surface area (Å²) in [5, 5.41) is 0.445. The first-order chi connectivity index (χ1) is 8.31. The Kier molecular flexibility index (Phi) is 3.19. The van der Waals surface area contributed by atoms with E-state index in [1.165, 1.54) is 12.1 Å². The third kappa shape index (κ3) is 2.27. The number of benzene rings is 1. The second kappa shape index (κ2) is 4.39. The maximum absolute atomic E-state index is 13.2. The molecule has 2 aromatic rings. The van der Waals surface area contributed by atoms with Crippen molar-refractivity contribution in [2.45, 2.75) is 24.9 Å². The summed E-state index contributed by atoms with van der Waals surface area (Å²) in [7, 11) is -1.39. The van der Waals surface area contributed by atoms with Crippen LogP contribution in [0.25, 0.3) is 10.9 Å². The van der Waals surface area contributed by atoms with E-state index in [4.69, 9.17) is 0 Å². The summed E-state index contributed by atoms with van der Waals surface area (Å²) in [5.74, 6) is -0.334. The number of rotatable bonds is 3. The van der Waals surface area contributed by atoms with Crippen LogP contribution in [0.3, 0.4) is 0 Å². The number of fused-ring (bicyclic) bond motifs is 1. The first-order valence-corrected chi connectivity index (χ1v) is 7.48. The van der Waals surface area contributed by atoms with Gasteiger partial charge in [-0.1, -0.05) is 0 Å². The molecule has 0 amide bonds. The first kappa shape index (κ1) is 13.1. The topological polar surface area (TPSA) is 39.1 Å². The molecule has 1 aromatic heterocycles. The quantitative estimate of drug-likeness (QED) is 0.859. The second-order valence-electron chi connectivity index (χ2n) is 4.75. The Morgan fingerprint density at radius 3 is 2.56 bits per heavy atom. The summed E-state index contributed by atoms with van der Waals surface area (Å²) in [6.45, 7) is 3.33. The van der Waals surface area contributed by atoms with Crippen LogP contribution in [0.15, 0.2) is 24.3 Å². The van der Waals surface area contributed by atoms with Crippen molar-refractivity contribution in [1.29, 1.82) is 0 Å². The van der Waals surface area contributed by atoms with Crippen molar-refractivity contribution in [3.8, 4) is 0 Å². The summed E-state index contributed by atoms with van der Waals surface area (Å²) < 4.78 is 38.7. The summed E-state index contributed by atoms with van der Waals surface area (Å²) in [5.41, 5.74) is 1.40. The Morgan fingerprint density at radius 2 is 1.94 bits per heavy atom. The Hall–Kier alpha value is -1.36. The Labute approximate surface area is 106 Å². The first-order valence-electron chi connectivity index (χ1n) is 5.76. The van der Waals surface area contributed by atoms with Crippen LogP contribution >= 0.6 is 0 Å². The lowest BCUT2D eigenvalue weighted by atomic mass is 10.2. The van der Waals surface area contributed by atoms with Crippen LogP contribution in [-0.4, -0.2) is 18.2 Å². The molecule has 0 atom stereocenters. The molecule has 0 spiro atoms. The Balaban J connectivity index is 2.50. The normalized spacial score (nSPS) is 12.5. The third-order valence-electron chi connectivity index (χ3n) is 3.17. The van der Waals surface area contributed by atoms with Crippen molar-refractivity contribution in [1.82, 2.24) is 4.57 Å². The maximum atomic E-state index is 13.2. The molecular weight excluding hydrogens is 253 g/mol. The van der Waals surface area contributed by atoms with Gasteiger partial charge in [0.15, 0.2) is 9.84 Å². The molecule has 0 radical (unpaired) electrons.